The van der Waals surface area contributed by atoms with Crippen LogP contribution in [0.15, 0.2) is 24.7 Å². The molecule has 0 aromatic carbocycles. The Hall–Kier alpha value is -2.24. The van der Waals surface area contributed by atoms with Crippen LogP contribution in [0.25, 0.3) is 5.82 Å². The first-order valence-electron chi connectivity index (χ1n) is 4.25. The molecule has 0 amide bonds. The summed E-state index contributed by atoms with van der Waals surface area (Å²) >= 11 is 0. The minimum Gasteiger partial charge on any atom is -0.478 e. The van der Waals surface area contributed by atoms with Crippen molar-refractivity contribution in [2.24, 2.45) is 0 Å². The fraction of sp³-hybridized carbons (Fsp3) is 0.111. The quantitative estimate of drug-likeness (QED) is 0.777. The van der Waals surface area contributed by atoms with Crippen LogP contribution in [0.1, 0.15) is 16.2 Å². The lowest BCUT2D eigenvalue weighted by atomic mass is 10.3. The summed E-state index contributed by atoms with van der Waals surface area (Å²) in [5, 5.41) is 12.6. The molecule has 0 aliphatic heterocycles. The summed E-state index contributed by atoms with van der Waals surface area (Å²) in [5.74, 6) is 0.255. The van der Waals surface area contributed by atoms with E-state index < -0.39 is 5.97 Å². The Morgan fingerprint density at radius 1 is 1.40 bits per heavy atom. The molecule has 6 nitrogen and oxygen atoms in total. The van der Waals surface area contributed by atoms with Gasteiger partial charge in [0.25, 0.3) is 0 Å². The maximum Gasteiger partial charge on any atom is 0.337 e. The first kappa shape index (κ1) is 9.32. The van der Waals surface area contributed by atoms with Gasteiger partial charge in [-0.1, -0.05) is 0 Å². The van der Waals surface area contributed by atoms with Crippen LogP contribution in [0, 0.1) is 6.92 Å². The number of rotatable bonds is 2. The van der Waals surface area contributed by atoms with Crippen LogP contribution in [0.2, 0.25) is 0 Å². The van der Waals surface area contributed by atoms with E-state index in [0.717, 1.165) is 0 Å². The number of hydrogen-bond acceptors (Lipinski definition) is 4. The Kier molecular flexibility index (Phi) is 2.17. The van der Waals surface area contributed by atoms with E-state index in [0.29, 0.717) is 11.6 Å². The second-order valence-electron chi connectivity index (χ2n) is 2.93. The van der Waals surface area contributed by atoms with Crippen molar-refractivity contribution in [1.82, 2.24) is 19.7 Å². The average Bonchev–Trinajstić information content (AvgIpc) is 2.65. The lowest BCUT2D eigenvalue weighted by Gasteiger charge is -2.01. The predicted octanol–water partition coefficient (Wildman–Crippen LogP) is 0.669. The summed E-state index contributed by atoms with van der Waals surface area (Å²) in [5.41, 5.74) is 0.150. The van der Waals surface area contributed by atoms with Gasteiger partial charge in [-0.25, -0.2) is 14.8 Å². The number of aryl methyl sites for hydroxylation is 1. The van der Waals surface area contributed by atoms with Gasteiger partial charge in [-0.3, -0.25) is 0 Å². The second-order valence-corrected chi connectivity index (χ2v) is 2.93. The fourth-order valence-electron chi connectivity index (χ4n) is 1.16. The molecule has 0 atom stereocenters. The van der Waals surface area contributed by atoms with E-state index in [9.17, 15) is 4.79 Å². The van der Waals surface area contributed by atoms with Crippen LogP contribution < -0.4 is 0 Å². The third kappa shape index (κ3) is 1.69. The molecular weight excluding hydrogens is 196 g/mol. The minimum atomic E-state index is -0.996. The molecule has 0 aliphatic carbocycles. The lowest BCUT2D eigenvalue weighted by molar-refractivity contribution is 0.0696. The van der Waals surface area contributed by atoms with E-state index >= 15 is 0 Å². The molecule has 76 valence electrons. The Morgan fingerprint density at radius 3 is 2.67 bits per heavy atom. The van der Waals surface area contributed by atoms with Crippen molar-refractivity contribution in [3.63, 3.8) is 0 Å². The molecule has 2 aromatic rings. The molecule has 0 spiro atoms. The maximum atomic E-state index is 10.6. The van der Waals surface area contributed by atoms with Crippen LogP contribution in [0.5, 0.6) is 0 Å². The molecule has 2 rings (SSSR count). The summed E-state index contributed by atoms with van der Waals surface area (Å²) in [6.45, 7) is 1.79. The molecule has 2 heterocycles. The first-order valence-corrected chi connectivity index (χ1v) is 4.25. The number of aromatic carboxylic acids is 1. The van der Waals surface area contributed by atoms with Crippen molar-refractivity contribution in [3.8, 4) is 5.82 Å². The van der Waals surface area contributed by atoms with Crippen molar-refractivity contribution >= 4 is 5.97 Å². The largest absolute Gasteiger partial charge is 0.478 e. The molecule has 0 aliphatic rings. The van der Waals surface area contributed by atoms with Crippen LogP contribution in [0.3, 0.4) is 0 Å². The molecule has 0 saturated carbocycles. The van der Waals surface area contributed by atoms with Gasteiger partial charge < -0.3 is 5.11 Å². The third-order valence-corrected chi connectivity index (χ3v) is 1.93. The van der Waals surface area contributed by atoms with Gasteiger partial charge in [0.05, 0.1) is 5.56 Å². The number of carbonyl (C=O) groups is 1. The summed E-state index contributed by atoms with van der Waals surface area (Å²) in [4.78, 5) is 18.5. The zero-order valence-corrected chi connectivity index (χ0v) is 7.95. The molecule has 15 heavy (non-hydrogen) atoms. The van der Waals surface area contributed by atoms with Crippen molar-refractivity contribution in [3.05, 3.63) is 36.0 Å². The van der Waals surface area contributed by atoms with E-state index in [4.69, 9.17) is 5.11 Å². The Labute approximate surface area is 85.2 Å². The van der Waals surface area contributed by atoms with Crippen LogP contribution >= 0.6 is 0 Å². The van der Waals surface area contributed by atoms with Gasteiger partial charge in [0.1, 0.15) is 12.2 Å². The Bertz CT molecular complexity index is 489. The molecule has 6 heteroatoms. The molecule has 2 aromatic heterocycles. The van der Waals surface area contributed by atoms with E-state index in [2.05, 4.69) is 15.1 Å². The predicted molar refractivity (Wildman–Crippen MR) is 50.9 cm³/mol. The van der Waals surface area contributed by atoms with E-state index in [1.807, 2.05) is 0 Å². The topological polar surface area (TPSA) is 80.9 Å². The maximum absolute atomic E-state index is 10.6. The molecule has 0 fully saturated rings. The van der Waals surface area contributed by atoms with Gasteiger partial charge in [-0.05, 0) is 19.1 Å². The van der Waals surface area contributed by atoms with Crippen molar-refractivity contribution in [2.75, 3.05) is 0 Å². The number of aromatic nitrogens is 4. The highest BCUT2D eigenvalue weighted by Gasteiger charge is 2.06. The monoisotopic (exact) mass is 204 g/mol. The van der Waals surface area contributed by atoms with Crippen molar-refractivity contribution in [2.45, 2.75) is 6.92 Å². The van der Waals surface area contributed by atoms with E-state index in [1.54, 1.807) is 13.0 Å². The van der Waals surface area contributed by atoms with Crippen LogP contribution in [-0.2, 0) is 0 Å². The fourth-order valence-corrected chi connectivity index (χ4v) is 1.16. The second kappa shape index (κ2) is 3.49. The number of nitrogens with zero attached hydrogens (tertiary/aromatic N) is 4. The van der Waals surface area contributed by atoms with Gasteiger partial charge in [-0.2, -0.15) is 9.78 Å². The summed E-state index contributed by atoms with van der Waals surface area (Å²) in [6.07, 6.45) is 2.71. The van der Waals surface area contributed by atoms with Crippen LogP contribution in [-0.4, -0.2) is 30.8 Å². The van der Waals surface area contributed by atoms with Gasteiger partial charge in [0.2, 0.25) is 0 Å². The average molecular weight is 204 g/mol. The molecule has 0 saturated heterocycles. The van der Waals surface area contributed by atoms with Gasteiger partial charge in [-0.15, -0.1) is 0 Å². The molecule has 1 N–H and O–H groups in total. The zero-order valence-electron chi connectivity index (χ0n) is 7.95. The summed E-state index contributed by atoms with van der Waals surface area (Å²) in [6, 6.07) is 3.07. The highest BCUT2D eigenvalue weighted by atomic mass is 16.4. The molecule has 0 bridgehead atoms. The third-order valence-electron chi connectivity index (χ3n) is 1.93. The van der Waals surface area contributed by atoms with Crippen LogP contribution in [0.4, 0.5) is 0 Å². The van der Waals surface area contributed by atoms with E-state index in [-0.39, 0.29) is 5.56 Å². The van der Waals surface area contributed by atoms with Gasteiger partial charge in [0.15, 0.2) is 5.82 Å². The van der Waals surface area contributed by atoms with Crippen molar-refractivity contribution in [1.29, 1.82) is 0 Å². The SMILES string of the molecule is Cc1ncnn1-c1ccc(C(=O)O)cn1. The highest BCUT2D eigenvalue weighted by molar-refractivity contribution is 5.87. The lowest BCUT2D eigenvalue weighted by Crippen LogP contribution is -2.04. The number of carboxylic acids is 1. The van der Waals surface area contributed by atoms with E-state index in [1.165, 1.54) is 23.3 Å². The number of pyridine rings is 1. The minimum absolute atomic E-state index is 0.150. The standard InChI is InChI=1S/C9H8N4O2/c1-6-11-5-12-13(6)8-3-2-7(4-10-8)9(14)15/h2-5H,1H3,(H,14,15). The highest BCUT2D eigenvalue weighted by Crippen LogP contribution is 2.06. The molecule has 0 unspecified atom stereocenters. The number of carboxylic acid groups (broad SMARTS) is 1. The molecule has 0 radical (unpaired) electrons. The normalized spacial score (nSPS) is 10.2. The zero-order chi connectivity index (χ0) is 10.8. The smallest absolute Gasteiger partial charge is 0.337 e. The summed E-state index contributed by atoms with van der Waals surface area (Å²) < 4.78 is 1.53. The van der Waals surface area contributed by atoms with Gasteiger partial charge >= 0.3 is 5.97 Å². The first-order chi connectivity index (χ1) is 7.18. The van der Waals surface area contributed by atoms with Crippen molar-refractivity contribution < 1.29 is 9.90 Å². The van der Waals surface area contributed by atoms with Gasteiger partial charge in [0, 0.05) is 6.20 Å². The molecular formula is C9H8N4O2. The number of hydrogen-bond donors (Lipinski definition) is 1. The Morgan fingerprint density at radius 2 is 2.20 bits per heavy atom. The summed E-state index contributed by atoms with van der Waals surface area (Å²) in [7, 11) is 0. The Balaban J connectivity index is 2.40.